The van der Waals surface area contributed by atoms with Crippen LogP contribution in [0.4, 0.5) is 0 Å². The normalized spacial score (nSPS) is 11.2. The van der Waals surface area contributed by atoms with Gasteiger partial charge in [0.15, 0.2) is 24.1 Å². The van der Waals surface area contributed by atoms with Crippen LogP contribution < -0.4 is 4.57 Å². The van der Waals surface area contributed by atoms with E-state index in [0.29, 0.717) is 13.2 Å². The van der Waals surface area contributed by atoms with Crippen molar-refractivity contribution < 1.29 is 23.6 Å². The lowest BCUT2D eigenvalue weighted by molar-refractivity contribution is -0.667. The Morgan fingerprint density at radius 1 is 0.684 bits per heavy atom. The number of benzene rings is 1. The van der Waals surface area contributed by atoms with E-state index in [0.717, 1.165) is 42.5 Å². The molecule has 6 heteroatoms. The Hall–Kier alpha value is -2.37. The second-order valence-corrected chi connectivity index (χ2v) is 10.6. The number of rotatable bonds is 22. The fourth-order valence-electron chi connectivity index (χ4n) is 5.01. The number of carbonyl (C=O) groups excluding carboxylic acids is 2. The van der Waals surface area contributed by atoms with Gasteiger partial charge in [0.05, 0.1) is 13.2 Å². The highest BCUT2D eigenvalue weighted by molar-refractivity contribution is 5.77. The minimum Gasteiger partial charge on any atom is -0.463 e. The van der Waals surface area contributed by atoms with Gasteiger partial charge in [-0.15, -0.1) is 0 Å². The second kappa shape index (κ2) is 19.7. The second-order valence-electron chi connectivity index (χ2n) is 10.6. The van der Waals surface area contributed by atoms with Crippen LogP contribution in [0.25, 0.3) is 11.0 Å². The van der Waals surface area contributed by atoms with Crippen LogP contribution in [0.15, 0.2) is 24.3 Å². The molecule has 0 unspecified atom stereocenters. The zero-order valence-corrected chi connectivity index (χ0v) is 24.5. The van der Waals surface area contributed by atoms with E-state index >= 15 is 0 Å². The van der Waals surface area contributed by atoms with Crippen molar-refractivity contribution in [3.8, 4) is 0 Å². The van der Waals surface area contributed by atoms with Gasteiger partial charge in [-0.3, -0.25) is 0 Å². The Morgan fingerprint density at radius 2 is 1.16 bits per heavy atom. The highest BCUT2D eigenvalue weighted by Gasteiger charge is 2.25. The van der Waals surface area contributed by atoms with Crippen molar-refractivity contribution in [2.75, 3.05) is 13.2 Å². The van der Waals surface area contributed by atoms with Crippen LogP contribution in [0.2, 0.25) is 0 Å². The van der Waals surface area contributed by atoms with Crippen LogP contribution in [0.5, 0.6) is 0 Å². The van der Waals surface area contributed by atoms with Crippen LogP contribution in [0.1, 0.15) is 122 Å². The molecule has 0 radical (unpaired) electrons. The number of carbonyl (C=O) groups is 2. The molecule has 0 saturated carbocycles. The van der Waals surface area contributed by atoms with Crippen molar-refractivity contribution in [2.24, 2.45) is 0 Å². The molecular formula is C32H53N2O4+. The van der Waals surface area contributed by atoms with Gasteiger partial charge < -0.3 is 9.47 Å². The number of imidazole rings is 1. The summed E-state index contributed by atoms with van der Waals surface area (Å²) in [4.78, 5) is 25.2. The summed E-state index contributed by atoms with van der Waals surface area (Å²) >= 11 is 0. The van der Waals surface area contributed by atoms with Gasteiger partial charge in [0.25, 0.3) is 5.82 Å². The number of hydrogen-bond acceptors (Lipinski definition) is 4. The Morgan fingerprint density at radius 3 is 1.71 bits per heavy atom. The van der Waals surface area contributed by atoms with Crippen molar-refractivity contribution >= 4 is 23.0 Å². The van der Waals surface area contributed by atoms with Crippen LogP contribution in [-0.2, 0) is 32.2 Å². The standard InChI is InChI=1S/C32H53N2O4/c1-4-6-8-10-12-14-16-20-24-37-31(35)26-33-28(3)34(30-23-19-18-22-29(30)33)27-32(36)38-25-21-17-15-13-11-9-7-5-2/h18-19,22-23H,4-17,20-21,24-27H2,1-3H3/q+1. The predicted octanol–water partition coefficient (Wildman–Crippen LogP) is 7.61. The minimum atomic E-state index is -0.235. The third-order valence-corrected chi connectivity index (χ3v) is 7.34. The maximum absolute atomic E-state index is 12.6. The van der Waals surface area contributed by atoms with E-state index in [1.54, 1.807) is 0 Å². The Kier molecular flexibility index (Phi) is 16.5. The van der Waals surface area contributed by atoms with Crippen molar-refractivity contribution in [1.29, 1.82) is 0 Å². The maximum atomic E-state index is 12.6. The lowest BCUT2D eigenvalue weighted by Crippen LogP contribution is -2.41. The van der Waals surface area contributed by atoms with Gasteiger partial charge in [0.2, 0.25) is 0 Å². The van der Waals surface area contributed by atoms with Gasteiger partial charge in [-0.2, -0.15) is 0 Å². The third kappa shape index (κ3) is 12.0. The number of aromatic nitrogens is 2. The lowest BCUT2D eigenvalue weighted by Gasteiger charge is -2.06. The van der Waals surface area contributed by atoms with E-state index in [-0.39, 0.29) is 25.0 Å². The van der Waals surface area contributed by atoms with E-state index in [1.807, 2.05) is 40.3 Å². The van der Waals surface area contributed by atoms with Gasteiger partial charge in [-0.1, -0.05) is 116 Å². The van der Waals surface area contributed by atoms with Gasteiger partial charge in [-0.25, -0.2) is 18.7 Å². The van der Waals surface area contributed by atoms with Gasteiger partial charge in [-0.05, 0) is 25.0 Å². The molecule has 38 heavy (non-hydrogen) atoms. The van der Waals surface area contributed by atoms with Crippen molar-refractivity contribution in [2.45, 2.75) is 137 Å². The van der Waals surface area contributed by atoms with Crippen LogP contribution >= 0.6 is 0 Å². The zero-order valence-electron chi connectivity index (χ0n) is 24.5. The first-order valence-electron chi connectivity index (χ1n) is 15.4. The van der Waals surface area contributed by atoms with Crippen molar-refractivity contribution in [3.05, 3.63) is 30.1 Å². The molecule has 0 N–H and O–H groups in total. The number of hydrogen-bond donors (Lipinski definition) is 0. The van der Waals surface area contributed by atoms with E-state index in [4.69, 9.17) is 9.47 Å². The molecule has 2 aromatic rings. The summed E-state index contributed by atoms with van der Waals surface area (Å²) in [6.07, 6.45) is 19.4. The first kappa shape index (κ1) is 31.8. The summed E-state index contributed by atoms with van der Waals surface area (Å²) in [5, 5.41) is 0. The summed E-state index contributed by atoms with van der Waals surface area (Å²) in [6.45, 7) is 7.64. The average Bonchev–Trinajstić information content (AvgIpc) is 3.17. The number of ether oxygens (including phenoxy) is 2. The molecule has 0 amide bonds. The van der Waals surface area contributed by atoms with Crippen molar-refractivity contribution in [1.82, 2.24) is 4.57 Å². The molecule has 0 fully saturated rings. The van der Waals surface area contributed by atoms with Gasteiger partial charge in [0, 0.05) is 6.92 Å². The van der Waals surface area contributed by atoms with E-state index in [2.05, 4.69) is 13.8 Å². The number of nitrogens with zero attached hydrogens (tertiary/aromatic N) is 2. The molecule has 0 spiro atoms. The quantitative estimate of drug-likeness (QED) is 0.0895. The summed E-state index contributed by atoms with van der Waals surface area (Å²) in [6, 6.07) is 7.87. The highest BCUT2D eigenvalue weighted by atomic mass is 16.5. The molecule has 0 bridgehead atoms. The summed E-state index contributed by atoms with van der Waals surface area (Å²) in [5.74, 6) is 0.377. The minimum absolute atomic E-state index is 0.143. The smallest absolute Gasteiger partial charge is 0.348 e. The zero-order chi connectivity index (χ0) is 27.4. The molecule has 0 saturated heterocycles. The van der Waals surface area contributed by atoms with E-state index in [1.165, 1.54) is 77.0 Å². The third-order valence-electron chi connectivity index (χ3n) is 7.34. The molecular weight excluding hydrogens is 476 g/mol. The molecule has 0 atom stereocenters. The molecule has 1 aromatic heterocycles. The van der Waals surface area contributed by atoms with Gasteiger partial charge in [0.1, 0.15) is 0 Å². The summed E-state index contributed by atoms with van der Waals surface area (Å²) in [5.41, 5.74) is 1.84. The van der Waals surface area contributed by atoms with E-state index in [9.17, 15) is 9.59 Å². The molecule has 0 aliphatic rings. The Bertz CT molecular complexity index is 864. The topological polar surface area (TPSA) is 61.4 Å². The maximum Gasteiger partial charge on any atom is 0.348 e. The van der Waals surface area contributed by atoms with Crippen LogP contribution in [0, 0.1) is 6.92 Å². The molecule has 0 aliphatic carbocycles. The molecule has 1 heterocycles. The molecule has 2 rings (SSSR count). The average molecular weight is 530 g/mol. The monoisotopic (exact) mass is 529 g/mol. The summed E-state index contributed by atoms with van der Waals surface area (Å²) < 4.78 is 15.0. The first-order chi connectivity index (χ1) is 18.6. The number of unbranched alkanes of at least 4 members (excludes halogenated alkanes) is 14. The predicted molar refractivity (Wildman–Crippen MR) is 154 cm³/mol. The fraction of sp³-hybridized carbons (Fsp3) is 0.719. The molecule has 214 valence electrons. The number of para-hydroxylation sites is 2. The number of esters is 2. The fourth-order valence-corrected chi connectivity index (χ4v) is 5.01. The molecule has 0 aliphatic heterocycles. The Balaban J connectivity index is 1.76. The van der Waals surface area contributed by atoms with E-state index < -0.39 is 0 Å². The van der Waals surface area contributed by atoms with Crippen LogP contribution in [0.3, 0.4) is 0 Å². The van der Waals surface area contributed by atoms with Gasteiger partial charge >= 0.3 is 11.9 Å². The summed E-state index contributed by atoms with van der Waals surface area (Å²) in [7, 11) is 0. The Labute approximate surface area is 231 Å². The van der Waals surface area contributed by atoms with Crippen molar-refractivity contribution in [3.63, 3.8) is 0 Å². The largest absolute Gasteiger partial charge is 0.463 e. The SMILES string of the molecule is CCCCCCCCCCOC(=O)Cn1c(C)[n+](CC(=O)OCCCCCCCCCC)c2ccccc21. The van der Waals surface area contributed by atoms with Crippen LogP contribution in [-0.4, -0.2) is 29.7 Å². The molecule has 1 aromatic carbocycles. The molecule has 6 nitrogen and oxygen atoms in total. The highest BCUT2D eigenvalue weighted by Crippen LogP contribution is 2.15. The number of fused-ring (bicyclic) bond motifs is 1. The first-order valence-corrected chi connectivity index (χ1v) is 15.4. The lowest BCUT2D eigenvalue weighted by atomic mass is 10.1.